The summed E-state index contributed by atoms with van der Waals surface area (Å²) in [5, 5.41) is 0. The third-order valence-corrected chi connectivity index (χ3v) is 3.23. The van der Waals surface area contributed by atoms with Crippen LogP contribution in [0.3, 0.4) is 0 Å². The molecule has 2 aromatic rings. The summed E-state index contributed by atoms with van der Waals surface area (Å²) in [4.78, 5) is 18.3. The lowest BCUT2D eigenvalue weighted by molar-refractivity contribution is 0.0749. The molecule has 1 aromatic carbocycles. The lowest BCUT2D eigenvalue weighted by atomic mass is 10.1. The maximum Gasteiger partial charge on any atom is 0.258 e. The topological polar surface area (TPSA) is 68.5 Å². The molecule has 0 atom stereocenters. The first-order chi connectivity index (χ1) is 10.2. The van der Waals surface area contributed by atoms with E-state index in [1.165, 1.54) is 7.11 Å². The highest BCUT2D eigenvalue weighted by Gasteiger charge is 2.18. The van der Waals surface area contributed by atoms with Crippen LogP contribution in [-0.4, -0.2) is 29.4 Å². The first-order valence-corrected chi connectivity index (χ1v) is 6.77. The van der Waals surface area contributed by atoms with Gasteiger partial charge in [0.1, 0.15) is 5.75 Å². The number of nitrogen functional groups attached to an aromatic ring is 1. The van der Waals surface area contributed by atoms with E-state index in [-0.39, 0.29) is 5.91 Å². The standard InChI is InChI=1S/C16H19N3O2/c1-3-19(11-12-5-4-6-13(17)9-12)16(20)14-7-8-18-10-15(14)21-2/h4-10H,3,11,17H2,1-2H3. The Labute approximate surface area is 124 Å². The van der Waals surface area contributed by atoms with Gasteiger partial charge in [-0.05, 0) is 30.7 Å². The van der Waals surface area contributed by atoms with Crippen molar-refractivity contribution in [1.82, 2.24) is 9.88 Å². The van der Waals surface area contributed by atoms with Crippen LogP contribution in [0, 0.1) is 0 Å². The van der Waals surface area contributed by atoms with Crippen molar-refractivity contribution in [2.24, 2.45) is 0 Å². The van der Waals surface area contributed by atoms with Crippen molar-refractivity contribution in [1.29, 1.82) is 0 Å². The Morgan fingerprint density at radius 3 is 2.86 bits per heavy atom. The van der Waals surface area contributed by atoms with Gasteiger partial charge in [0, 0.05) is 25.0 Å². The number of anilines is 1. The highest BCUT2D eigenvalue weighted by molar-refractivity contribution is 5.96. The Kier molecular flexibility index (Phi) is 4.77. The lowest BCUT2D eigenvalue weighted by Crippen LogP contribution is -2.30. The van der Waals surface area contributed by atoms with Crippen molar-refractivity contribution < 1.29 is 9.53 Å². The maximum atomic E-state index is 12.6. The van der Waals surface area contributed by atoms with E-state index in [0.717, 1.165) is 5.56 Å². The highest BCUT2D eigenvalue weighted by Crippen LogP contribution is 2.19. The van der Waals surface area contributed by atoms with Crippen LogP contribution in [0.15, 0.2) is 42.7 Å². The van der Waals surface area contributed by atoms with E-state index in [1.807, 2.05) is 31.2 Å². The largest absolute Gasteiger partial charge is 0.494 e. The zero-order valence-corrected chi connectivity index (χ0v) is 12.2. The average Bonchev–Trinajstić information content (AvgIpc) is 2.52. The number of aromatic nitrogens is 1. The first-order valence-electron chi connectivity index (χ1n) is 6.77. The van der Waals surface area contributed by atoms with Gasteiger partial charge in [-0.1, -0.05) is 12.1 Å². The minimum absolute atomic E-state index is 0.0841. The van der Waals surface area contributed by atoms with Crippen LogP contribution in [-0.2, 0) is 6.54 Å². The number of hydrogen-bond donors (Lipinski definition) is 1. The molecular formula is C16H19N3O2. The van der Waals surface area contributed by atoms with Gasteiger partial charge in [0.15, 0.2) is 0 Å². The zero-order chi connectivity index (χ0) is 15.2. The number of methoxy groups -OCH3 is 1. The molecule has 1 amide bonds. The third-order valence-electron chi connectivity index (χ3n) is 3.23. The van der Waals surface area contributed by atoms with Crippen LogP contribution in [0.5, 0.6) is 5.75 Å². The summed E-state index contributed by atoms with van der Waals surface area (Å²) < 4.78 is 5.20. The predicted molar refractivity (Wildman–Crippen MR) is 82.1 cm³/mol. The minimum atomic E-state index is -0.0841. The fraction of sp³-hybridized carbons (Fsp3) is 0.250. The SMILES string of the molecule is CCN(Cc1cccc(N)c1)C(=O)c1ccncc1OC. The molecule has 5 nitrogen and oxygen atoms in total. The number of benzene rings is 1. The summed E-state index contributed by atoms with van der Waals surface area (Å²) >= 11 is 0. The average molecular weight is 285 g/mol. The third kappa shape index (κ3) is 3.51. The number of carbonyl (C=O) groups is 1. The van der Waals surface area contributed by atoms with Crippen LogP contribution >= 0.6 is 0 Å². The van der Waals surface area contributed by atoms with Gasteiger partial charge in [0.25, 0.3) is 5.91 Å². The van der Waals surface area contributed by atoms with Gasteiger partial charge < -0.3 is 15.4 Å². The van der Waals surface area contributed by atoms with E-state index in [4.69, 9.17) is 10.5 Å². The summed E-state index contributed by atoms with van der Waals surface area (Å²) in [6.45, 7) is 3.04. The van der Waals surface area contributed by atoms with Crippen LogP contribution in [0.25, 0.3) is 0 Å². The van der Waals surface area contributed by atoms with E-state index >= 15 is 0 Å². The molecule has 2 N–H and O–H groups in total. The molecule has 5 heteroatoms. The fourth-order valence-corrected chi connectivity index (χ4v) is 2.13. The Balaban J connectivity index is 2.22. The van der Waals surface area contributed by atoms with E-state index < -0.39 is 0 Å². The number of amides is 1. The van der Waals surface area contributed by atoms with E-state index in [0.29, 0.717) is 30.1 Å². The number of carbonyl (C=O) groups excluding carboxylic acids is 1. The Bertz CT molecular complexity index is 628. The van der Waals surface area contributed by atoms with Crippen LogP contribution in [0.4, 0.5) is 5.69 Å². The molecule has 2 rings (SSSR count). The molecule has 0 unspecified atom stereocenters. The molecular weight excluding hydrogens is 266 g/mol. The molecule has 0 aliphatic rings. The lowest BCUT2D eigenvalue weighted by Gasteiger charge is -2.22. The van der Waals surface area contributed by atoms with Crippen molar-refractivity contribution in [2.75, 3.05) is 19.4 Å². The Hall–Kier alpha value is -2.56. The van der Waals surface area contributed by atoms with Crippen LogP contribution in [0.2, 0.25) is 0 Å². The fourth-order valence-electron chi connectivity index (χ4n) is 2.13. The molecule has 1 aromatic heterocycles. The number of ether oxygens (including phenoxy) is 1. The van der Waals surface area contributed by atoms with Crippen molar-refractivity contribution in [2.45, 2.75) is 13.5 Å². The molecule has 0 saturated heterocycles. The summed E-state index contributed by atoms with van der Waals surface area (Å²) in [5.41, 5.74) is 7.98. The molecule has 0 aliphatic carbocycles. The summed E-state index contributed by atoms with van der Waals surface area (Å²) in [6.07, 6.45) is 3.13. The molecule has 0 saturated carbocycles. The van der Waals surface area contributed by atoms with Crippen molar-refractivity contribution in [3.05, 3.63) is 53.9 Å². The molecule has 1 heterocycles. The van der Waals surface area contributed by atoms with E-state index in [1.54, 1.807) is 23.4 Å². The van der Waals surface area contributed by atoms with Gasteiger partial charge in [-0.3, -0.25) is 9.78 Å². The Morgan fingerprint density at radius 2 is 2.19 bits per heavy atom. The number of rotatable bonds is 5. The zero-order valence-electron chi connectivity index (χ0n) is 12.2. The molecule has 0 bridgehead atoms. The maximum absolute atomic E-state index is 12.6. The monoisotopic (exact) mass is 285 g/mol. The first kappa shape index (κ1) is 14.8. The van der Waals surface area contributed by atoms with Gasteiger partial charge in [-0.25, -0.2) is 0 Å². The number of pyridine rings is 1. The minimum Gasteiger partial charge on any atom is -0.494 e. The Morgan fingerprint density at radius 1 is 1.38 bits per heavy atom. The van der Waals surface area contributed by atoms with Gasteiger partial charge >= 0.3 is 0 Å². The summed E-state index contributed by atoms with van der Waals surface area (Å²) in [6, 6.07) is 9.21. The van der Waals surface area contributed by atoms with Gasteiger partial charge in [0.2, 0.25) is 0 Å². The van der Waals surface area contributed by atoms with Crippen molar-refractivity contribution in [3.8, 4) is 5.75 Å². The van der Waals surface area contributed by atoms with Gasteiger partial charge in [-0.2, -0.15) is 0 Å². The second-order valence-corrected chi connectivity index (χ2v) is 4.64. The predicted octanol–water partition coefficient (Wildman–Crippen LogP) is 2.33. The quantitative estimate of drug-likeness (QED) is 0.856. The highest BCUT2D eigenvalue weighted by atomic mass is 16.5. The molecule has 0 fully saturated rings. The molecule has 0 aliphatic heterocycles. The second-order valence-electron chi connectivity index (χ2n) is 4.64. The molecule has 21 heavy (non-hydrogen) atoms. The number of hydrogen-bond acceptors (Lipinski definition) is 4. The summed E-state index contributed by atoms with van der Waals surface area (Å²) in [7, 11) is 1.53. The van der Waals surface area contributed by atoms with Crippen LogP contribution < -0.4 is 10.5 Å². The van der Waals surface area contributed by atoms with Crippen LogP contribution in [0.1, 0.15) is 22.8 Å². The van der Waals surface area contributed by atoms with E-state index in [2.05, 4.69) is 4.98 Å². The van der Waals surface area contributed by atoms with Crippen molar-refractivity contribution >= 4 is 11.6 Å². The second kappa shape index (κ2) is 6.74. The number of nitrogens with zero attached hydrogens (tertiary/aromatic N) is 2. The van der Waals surface area contributed by atoms with E-state index in [9.17, 15) is 4.79 Å². The molecule has 0 radical (unpaired) electrons. The normalized spacial score (nSPS) is 10.2. The van der Waals surface area contributed by atoms with Gasteiger partial charge in [0.05, 0.1) is 18.9 Å². The molecule has 0 spiro atoms. The summed E-state index contributed by atoms with van der Waals surface area (Å²) in [5.74, 6) is 0.396. The molecule has 110 valence electrons. The smallest absolute Gasteiger partial charge is 0.258 e. The van der Waals surface area contributed by atoms with Gasteiger partial charge in [-0.15, -0.1) is 0 Å². The van der Waals surface area contributed by atoms with Crippen molar-refractivity contribution in [3.63, 3.8) is 0 Å². The number of nitrogens with two attached hydrogens (primary N) is 1.